The first-order valence-electron chi connectivity index (χ1n) is 9.66. The van der Waals surface area contributed by atoms with Crippen molar-refractivity contribution in [2.75, 3.05) is 38.3 Å². The third-order valence-corrected chi connectivity index (χ3v) is 4.97. The second-order valence-electron chi connectivity index (χ2n) is 7.03. The van der Waals surface area contributed by atoms with Crippen LogP contribution in [0, 0.1) is 0 Å². The second kappa shape index (κ2) is 9.16. The summed E-state index contributed by atoms with van der Waals surface area (Å²) in [6.07, 6.45) is -5.01. The van der Waals surface area contributed by atoms with Crippen LogP contribution in [-0.4, -0.2) is 70.4 Å². The molecule has 1 N–H and O–H groups in total. The molecule has 0 bridgehead atoms. The first kappa shape index (κ1) is 23.5. The molecule has 3 rings (SSSR count). The number of nitrogens with zero attached hydrogens (tertiary/aromatic N) is 5. The van der Waals surface area contributed by atoms with Gasteiger partial charge in [-0.05, 0) is 0 Å². The minimum Gasteiger partial charge on any atom is -0.433 e. The topological polar surface area (TPSA) is 113 Å². The molecule has 0 amide bonds. The van der Waals surface area contributed by atoms with E-state index in [2.05, 4.69) is 21.6 Å². The van der Waals surface area contributed by atoms with E-state index in [1.165, 1.54) is 34.3 Å². The fourth-order valence-corrected chi connectivity index (χ4v) is 3.46. The lowest BCUT2D eigenvalue weighted by atomic mass is 10.3. The van der Waals surface area contributed by atoms with Gasteiger partial charge in [0.2, 0.25) is 5.95 Å². The molecule has 0 aromatic carbocycles. The molecule has 1 saturated heterocycles. The van der Waals surface area contributed by atoms with Gasteiger partial charge in [-0.25, -0.2) is 9.59 Å². The van der Waals surface area contributed by atoms with Gasteiger partial charge in [-0.2, -0.15) is 18.2 Å². The molecule has 2 aromatic rings. The number of hydrogen-bond acceptors (Lipinski definition) is 8. The Kier molecular flexibility index (Phi) is 6.74. The number of anilines is 1. The number of fused-ring (bicyclic) bond motifs is 1. The summed E-state index contributed by atoms with van der Waals surface area (Å²) >= 11 is 0. The first-order chi connectivity index (χ1) is 15.1. The maximum atomic E-state index is 13.1. The Labute approximate surface area is 179 Å². The van der Waals surface area contributed by atoms with Crippen LogP contribution in [-0.2, 0) is 34.4 Å². The number of esters is 1. The molecule has 1 fully saturated rings. The van der Waals surface area contributed by atoms with Crippen LogP contribution >= 0.6 is 0 Å². The van der Waals surface area contributed by atoms with Crippen molar-refractivity contribution in [2.45, 2.75) is 25.5 Å². The Morgan fingerprint density at radius 2 is 2.06 bits per heavy atom. The molecule has 0 radical (unpaired) electrons. The van der Waals surface area contributed by atoms with E-state index >= 15 is 0 Å². The zero-order valence-electron chi connectivity index (χ0n) is 17.5. The summed E-state index contributed by atoms with van der Waals surface area (Å²) in [5.74, 6) is -2.25. The van der Waals surface area contributed by atoms with Crippen molar-refractivity contribution in [1.82, 2.24) is 24.0 Å². The molecule has 1 aliphatic rings. The van der Waals surface area contributed by atoms with Crippen molar-refractivity contribution in [2.24, 2.45) is 7.05 Å². The molecule has 32 heavy (non-hydrogen) atoms. The van der Waals surface area contributed by atoms with E-state index in [1.54, 1.807) is 0 Å². The number of rotatable bonds is 7. The minimum atomic E-state index is -5.16. The van der Waals surface area contributed by atoms with E-state index in [0.717, 1.165) is 4.57 Å². The van der Waals surface area contributed by atoms with Crippen LogP contribution in [0.3, 0.4) is 0 Å². The van der Waals surface area contributed by atoms with E-state index in [9.17, 15) is 27.6 Å². The van der Waals surface area contributed by atoms with Crippen LogP contribution < -0.4 is 21.5 Å². The van der Waals surface area contributed by atoms with E-state index in [0.29, 0.717) is 6.54 Å². The summed E-state index contributed by atoms with van der Waals surface area (Å²) in [6, 6.07) is 0. The van der Waals surface area contributed by atoms with Gasteiger partial charge in [0.25, 0.3) is 5.56 Å². The number of piperazine rings is 1. The van der Waals surface area contributed by atoms with Gasteiger partial charge in [-0.1, -0.05) is 6.08 Å². The fourth-order valence-electron chi connectivity index (χ4n) is 3.46. The molecule has 0 aliphatic carbocycles. The molecule has 0 saturated carbocycles. The van der Waals surface area contributed by atoms with Crippen LogP contribution in [0.1, 0.15) is 0 Å². The number of alkyl halides is 3. The second-order valence-corrected chi connectivity index (χ2v) is 7.03. The Bertz CT molecular complexity index is 1140. The van der Waals surface area contributed by atoms with Crippen molar-refractivity contribution >= 4 is 23.1 Å². The van der Waals surface area contributed by atoms with E-state index in [4.69, 9.17) is 4.74 Å². The molecule has 14 heteroatoms. The number of halogens is 3. The number of aromatic nitrogens is 4. The maximum Gasteiger partial charge on any atom is 0.491 e. The average molecular weight is 460 g/mol. The fraction of sp³-hybridized carbons (Fsp3) is 0.556. The molecule has 3 heterocycles. The smallest absolute Gasteiger partial charge is 0.433 e. The van der Waals surface area contributed by atoms with Crippen molar-refractivity contribution in [3.8, 4) is 0 Å². The molecular formula is C18H23F3N6O5. The van der Waals surface area contributed by atoms with Crippen LogP contribution in [0.2, 0.25) is 0 Å². The lowest BCUT2D eigenvalue weighted by molar-refractivity contribution is -0.205. The van der Waals surface area contributed by atoms with Gasteiger partial charge in [0.15, 0.2) is 17.4 Å². The number of hydrogen-bond donors (Lipinski definition) is 1. The van der Waals surface area contributed by atoms with Gasteiger partial charge >= 0.3 is 17.8 Å². The van der Waals surface area contributed by atoms with Gasteiger partial charge in [0, 0.05) is 33.8 Å². The third-order valence-electron chi connectivity index (χ3n) is 4.97. The lowest BCUT2D eigenvalue weighted by Gasteiger charge is -2.36. The first-order valence-corrected chi connectivity index (χ1v) is 9.66. The highest BCUT2D eigenvalue weighted by Gasteiger charge is 2.44. The SMILES string of the molecule is C=CCn1c(N2CCNCC2OC(=O)C(F)(F)F)nc2c1c(=O)n(CCOC)c(=O)n2C. The number of ether oxygens (including phenoxy) is 2. The standard InChI is InChI=1S/C18H23F3N6O5/c1-4-6-26-12-13(24(2)17(30)27(14(12)28)8-9-31-3)23-16(26)25-7-5-22-10-11(25)32-15(29)18(19,20)21/h4,11,22H,1,5-10H2,2-3H3. The molecule has 1 aliphatic heterocycles. The summed E-state index contributed by atoms with van der Waals surface area (Å²) in [4.78, 5) is 43.0. The van der Waals surface area contributed by atoms with E-state index < -0.39 is 29.6 Å². The highest BCUT2D eigenvalue weighted by Crippen LogP contribution is 2.25. The van der Waals surface area contributed by atoms with Crippen LogP contribution in [0.25, 0.3) is 11.2 Å². The number of aryl methyl sites for hydroxylation is 1. The lowest BCUT2D eigenvalue weighted by Crippen LogP contribution is -2.55. The molecule has 11 nitrogen and oxygen atoms in total. The number of carbonyl (C=O) groups is 1. The predicted molar refractivity (Wildman–Crippen MR) is 107 cm³/mol. The summed E-state index contributed by atoms with van der Waals surface area (Å²) in [6.45, 7) is 4.29. The molecule has 2 aromatic heterocycles. The van der Waals surface area contributed by atoms with Crippen LogP contribution in [0.5, 0.6) is 0 Å². The normalized spacial score (nSPS) is 17.0. The number of imidazole rings is 1. The summed E-state index contributed by atoms with van der Waals surface area (Å²) in [5.41, 5.74) is -1.13. The van der Waals surface area contributed by atoms with Gasteiger partial charge in [0.1, 0.15) is 0 Å². The van der Waals surface area contributed by atoms with Crippen LogP contribution in [0.15, 0.2) is 22.2 Å². The Hall–Kier alpha value is -3.13. The predicted octanol–water partition coefficient (Wildman–Crippen LogP) is -0.430. The highest BCUT2D eigenvalue weighted by atomic mass is 19.4. The number of carbonyl (C=O) groups excluding carboxylic acids is 1. The molecular weight excluding hydrogens is 437 g/mol. The summed E-state index contributed by atoms with van der Waals surface area (Å²) < 4.78 is 51.5. The van der Waals surface area contributed by atoms with Gasteiger partial charge in [0.05, 0.1) is 19.7 Å². The van der Waals surface area contributed by atoms with Gasteiger partial charge < -0.3 is 24.3 Å². The third kappa shape index (κ3) is 4.27. The van der Waals surface area contributed by atoms with Crippen molar-refractivity contribution < 1.29 is 27.4 Å². The van der Waals surface area contributed by atoms with Crippen molar-refractivity contribution in [3.05, 3.63) is 33.5 Å². The average Bonchev–Trinajstić information content (AvgIpc) is 3.11. The van der Waals surface area contributed by atoms with E-state index in [-0.39, 0.29) is 49.9 Å². The summed E-state index contributed by atoms with van der Waals surface area (Å²) in [5, 5.41) is 2.86. The number of methoxy groups -OCH3 is 1. The molecule has 1 unspecified atom stereocenters. The van der Waals surface area contributed by atoms with Gasteiger partial charge in [-0.15, -0.1) is 6.58 Å². The largest absolute Gasteiger partial charge is 0.491 e. The van der Waals surface area contributed by atoms with E-state index in [1.807, 2.05) is 0 Å². The maximum absolute atomic E-state index is 13.1. The van der Waals surface area contributed by atoms with Gasteiger partial charge in [-0.3, -0.25) is 13.9 Å². The van der Waals surface area contributed by atoms with Crippen molar-refractivity contribution in [3.63, 3.8) is 0 Å². The summed E-state index contributed by atoms with van der Waals surface area (Å²) in [7, 11) is 2.86. The number of allylic oxidation sites excluding steroid dienone is 1. The molecule has 0 spiro atoms. The van der Waals surface area contributed by atoms with Crippen molar-refractivity contribution in [1.29, 1.82) is 0 Å². The Morgan fingerprint density at radius 3 is 2.69 bits per heavy atom. The minimum absolute atomic E-state index is 0.00596. The van der Waals surface area contributed by atoms with Crippen LogP contribution in [0.4, 0.5) is 19.1 Å². The Morgan fingerprint density at radius 1 is 1.34 bits per heavy atom. The quantitative estimate of drug-likeness (QED) is 0.438. The molecule has 176 valence electrons. The zero-order valence-corrected chi connectivity index (χ0v) is 17.5. The zero-order chi connectivity index (χ0) is 23.6. The Balaban J connectivity index is 2.17. The number of nitrogens with one attached hydrogen (secondary N) is 1. The highest BCUT2D eigenvalue weighted by molar-refractivity contribution is 5.77. The molecule has 1 atom stereocenters. The monoisotopic (exact) mass is 460 g/mol.